The molecule has 1 aliphatic rings. The Labute approximate surface area is 178 Å². The summed E-state index contributed by atoms with van der Waals surface area (Å²) in [5, 5.41) is 2.91. The van der Waals surface area contributed by atoms with Gasteiger partial charge in [0.05, 0.1) is 20.6 Å². The van der Waals surface area contributed by atoms with Gasteiger partial charge in [-0.1, -0.05) is 29.3 Å². The lowest BCUT2D eigenvalue weighted by atomic mass is 9.89. The largest absolute Gasteiger partial charge is 0.440 e. The molecule has 0 amide bonds. The summed E-state index contributed by atoms with van der Waals surface area (Å²) >= 11 is 13.6. The standard InChI is InChI=1S/C21H20Cl2N2O2S/c1-13-18(24-21(27-13)19-3-2-10-28-19)12-25-8-6-14(7-9-25)20(26)15-4-5-16(22)17(23)11-15/h2-5,10-11,14H,6-9,12H2,1H3. The number of aryl methyl sites for hydroxylation is 1. The van der Waals surface area contributed by atoms with Crippen LogP contribution in [0.2, 0.25) is 10.0 Å². The maximum Gasteiger partial charge on any atom is 0.236 e. The molecule has 146 valence electrons. The number of rotatable bonds is 5. The Bertz CT molecular complexity index is 976. The van der Waals surface area contributed by atoms with Gasteiger partial charge in [-0.3, -0.25) is 9.69 Å². The molecule has 1 saturated heterocycles. The van der Waals surface area contributed by atoms with Crippen molar-refractivity contribution in [3.63, 3.8) is 0 Å². The zero-order valence-electron chi connectivity index (χ0n) is 15.5. The number of Topliss-reactive ketones (excluding diaryl/α,β-unsaturated/α-hetero) is 1. The monoisotopic (exact) mass is 434 g/mol. The highest BCUT2D eigenvalue weighted by atomic mass is 35.5. The van der Waals surface area contributed by atoms with Gasteiger partial charge in [0.1, 0.15) is 5.76 Å². The maximum absolute atomic E-state index is 12.8. The third kappa shape index (κ3) is 4.18. The lowest BCUT2D eigenvalue weighted by molar-refractivity contribution is 0.0833. The highest BCUT2D eigenvalue weighted by Crippen LogP contribution is 2.29. The van der Waals surface area contributed by atoms with E-state index in [-0.39, 0.29) is 11.7 Å². The molecule has 0 saturated carbocycles. The van der Waals surface area contributed by atoms with E-state index < -0.39 is 0 Å². The smallest absolute Gasteiger partial charge is 0.236 e. The predicted molar refractivity (Wildman–Crippen MR) is 113 cm³/mol. The van der Waals surface area contributed by atoms with Crippen LogP contribution in [0.4, 0.5) is 0 Å². The van der Waals surface area contributed by atoms with Crippen molar-refractivity contribution in [2.45, 2.75) is 26.3 Å². The molecule has 4 nitrogen and oxygen atoms in total. The summed E-state index contributed by atoms with van der Waals surface area (Å²) in [5.74, 6) is 1.72. The fourth-order valence-corrected chi connectivity index (χ4v) is 4.48. The summed E-state index contributed by atoms with van der Waals surface area (Å²) < 4.78 is 5.83. The van der Waals surface area contributed by atoms with Gasteiger partial charge in [-0.25, -0.2) is 4.98 Å². The van der Waals surface area contributed by atoms with Crippen LogP contribution < -0.4 is 0 Å². The van der Waals surface area contributed by atoms with E-state index in [0.717, 1.165) is 48.8 Å². The van der Waals surface area contributed by atoms with Gasteiger partial charge in [-0.05, 0) is 62.5 Å². The van der Waals surface area contributed by atoms with Gasteiger partial charge in [0.25, 0.3) is 0 Å². The van der Waals surface area contributed by atoms with Gasteiger partial charge in [-0.15, -0.1) is 11.3 Å². The second-order valence-corrected chi connectivity index (χ2v) is 8.80. The van der Waals surface area contributed by atoms with Gasteiger partial charge in [0.2, 0.25) is 5.89 Å². The summed E-state index contributed by atoms with van der Waals surface area (Å²) in [5.41, 5.74) is 1.61. The van der Waals surface area contributed by atoms with Crippen LogP contribution in [0.5, 0.6) is 0 Å². The molecule has 28 heavy (non-hydrogen) atoms. The van der Waals surface area contributed by atoms with Crippen molar-refractivity contribution in [3.05, 3.63) is 62.8 Å². The van der Waals surface area contributed by atoms with Gasteiger partial charge in [0, 0.05) is 18.0 Å². The fraction of sp³-hybridized carbons (Fsp3) is 0.333. The van der Waals surface area contributed by atoms with Crippen molar-refractivity contribution >= 4 is 40.3 Å². The van der Waals surface area contributed by atoms with E-state index in [1.54, 1.807) is 29.5 Å². The lowest BCUT2D eigenvalue weighted by Gasteiger charge is -2.30. The van der Waals surface area contributed by atoms with Crippen LogP contribution in [0, 0.1) is 12.8 Å². The molecule has 3 heterocycles. The molecular formula is C21H20Cl2N2O2S. The van der Waals surface area contributed by atoms with Crippen molar-refractivity contribution in [2.24, 2.45) is 5.92 Å². The Morgan fingerprint density at radius 1 is 1.25 bits per heavy atom. The number of oxazole rings is 1. The number of hydrogen-bond acceptors (Lipinski definition) is 5. The Hall–Kier alpha value is -1.66. The zero-order chi connectivity index (χ0) is 19.7. The SMILES string of the molecule is Cc1oc(-c2cccs2)nc1CN1CCC(C(=O)c2ccc(Cl)c(Cl)c2)CC1. The molecule has 3 aromatic rings. The van der Waals surface area contributed by atoms with E-state index in [1.807, 2.05) is 24.4 Å². The summed E-state index contributed by atoms with van der Waals surface area (Å²) in [6.07, 6.45) is 1.65. The van der Waals surface area contributed by atoms with Crippen LogP contribution in [0.1, 0.15) is 34.7 Å². The number of piperidine rings is 1. The van der Waals surface area contributed by atoms with Crippen molar-refractivity contribution in [1.82, 2.24) is 9.88 Å². The molecule has 1 fully saturated rings. The average molecular weight is 435 g/mol. The molecule has 0 atom stereocenters. The number of thiophene rings is 1. The van der Waals surface area contributed by atoms with Crippen molar-refractivity contribution < 1.29 is 9.21 Å². The first kappa shape index (κ1) is 19.6. The number of ketones is 1. The minimum absolute atomic E-state index is 0.0218. The molecule has 0 spiro atoms. The Morgan fingerprint density at radius 3 is 2.71 bits per heavy atom. The van der Waals surface area contributed by atoms with Crippen LogP contribution in [0.3, 0.4) is 0 Å². The lowest BCUT2D eigenvalue weighted by Crippen LogP contribution is -2.36. The molecule has 1 aromatic carbocycles. The first-order valence-electron chi connectivity index (χ1n) is 9.23. The first-order valence-corrected chi connectivity index (χ1v) is 10.9. The first-order chi connectivity index (χ1) is 13.5. The van der Waals surface area contributed by atoms with Crippen LogP contribution in [0.25, 0.3) is 10.8 Å². The van der Waals surface area contributed by atoms with E-state index in [9.17, 15) is 4.79 Å². The number of aromatic nitrogens is 1. The number of carbonyl (C=O) groups excluding carboxylic acids is 1. The molecular weight excluding hydrogens is 415 g/mol. The zero-order valence-corrected chi connectivity index (χ0v) is 17.8. The van der Waals surface area contributed by atoms with Gasteiger partial charge < -0.3 is 4.42 Å². The van der Waals surface area contributed by atoms with E-state index in [2.05, 4.69) is 9.88 Å². The number of likely N-dealkylation sites (tertiary alicyclic amines) is 1. The van der Waals surface area contributed by atoms with E-state index in [0.29, 0.717) is 21.5 Å². The fourth-order valence-electron chi connectivity index (χ4n) is 3.53. The molecule has 2 aromatic heterocycles. The molecule has 0 unspecified atom stereocenters. The van der Waals surface area contributed by atoms with Gasteiger partial charge in [0.15, 0.2) is 5.78 Å². The Morgan fingerprint density at radius 2 is 2.04 bits per heavy atom. The third-order valence-electron chi connectivity index (χ3n) is 5.16. The van der Waals surface area contributed by atoms with E-state index in [1.165, 1.54) is 0 Å². The highest BCUT2D eigenvalue weighted by Gasteiger charge is 2.27. The summed E-state index contributed by atoms with van der Waals surface area (Å²) in [6, 6.07) is 9.12. The molecule has 0 radical (unpaired) electrons. The van der Waals surface area contributed by atoms with E-state index >= 15 is 0 Å². The summed E-state index contributed by atoms with van der Waals surface area (Å²) in [6.45, 7) is 4.42. The molecule has 1 aliphatic heterocycles. The topological polar surface area (TPSA) is 46.3 Å². The summed E-state index contributed by atoms with van der Waals surface area (Å²) in [7, 11) is 0. The number of nitrogens with zero attached hydrogens (tertiary/aromatic N) is 2. The number of carbonyl (C=O) groups is 1. The Balaban J connectivity index is 1.37. The quantitative estimate of drug-likeness (QED) is 0.454. The molecule has 0 aliphatic carbocycles. The van der Waals surface area contributed by atoms with Crippen LogP contribution in [-0.2, 0) is 6.54 Å². The molecule has 0 N–H and O–H groups in total. The van der Waals surface area contributed by atoms with Gasteiger partial charge in [-0.2, -0.15) is 0 Å². The second-order valence-electron chi connectivity index (χ2n) is 7.04. The number of hydrogen-bond donors (Lipinski definition) is 0. The minimum Gasteiger partial charge on any atom is -0.440 e. The van der Waals surface area contributed by atoms with Crippen LogP contribution in [0.15, 0.2) is 40.1 Å². The molecule has 0 bridgehead atoms. The number of halogens is 2. The van der Waals surface area contributed by atoms with E-state index in [4.69, 9.17) is 27.6 Å². The van der Waals surface area contributed by atoms with Gasteiger partial charge >= 0.3 is 0 Å². The van der Waals surface area contributed by atoms with Crippen molar-refractivity contribution in [3.8, 4) is 10.8 Å². The average Bonchev–Trinajstić information content (AvgIpc) is 3.34. The minimum atomic E-state index is 0.0218. The highest BCUT2D eigenvalue weighted by molar-refractivity contribution is 7.13. The third-order valence-corrected chi connectivity index (χ3v) is 6.76. The molecule has 7 heteroatoms. The normalized spacial score (nSPS) is 15.8. The van der Waals surface area contributed by atoms with Crippen LogP contribution in [-0.4, -0.2) is 28.8 Å². The maximum atomic E-state index is 12.8. The Kier molecular flexibility index (Phi) is 5.88. The predicted octanol–water partition coefficient (Wildman–Crippen LogP) is 6.11. The van der Waals surface area contributed by atoms with Crippen molar-refractivity contribution in [1.29, 1.82) is 0 Å². The summed E-state index contributed by atoms with van der Waals surface area (Å²) in [4.78, 5) is 20.8. The molecule has 4 rings (SSSR count). The van der Waals surface area contributed by atoms with Crippen molar-refractivity contribution in [2.75, 3.05) is 13.1 Å². The second kappa shape index (κ2) is 8.37. The number of benzene rings is 1. The van der Waals surface area contributed by atoms with Crippen LogP contribution >= 0.6 is 34.5 Å².